The molecule has 0 amide bonds. The molecule has 0 saturated carbocycles. The Morgan fingerprint density at radius 3 is 2.63 bits per heavy atom. The molecule has 0 spiro atoms. The minimum atomic E-state index is -3.68. The van der Waals surface area contributed by atoms with Crippen LogP contribution in [-0.2, 0) is 10.0 Å². The average molecular weight is 401 g/mol. The summed E-state index contributed by atoms with van der Waals surface area (Å²) in [6.07, 6.45) is 0. The lowest BCUT2D eigenvalue weighted by molar-refractivity contribution is 0.426. The van der Waals surface area contributed by atoms with Crippen LogP contribution in [0.2, 0.25) is 0 Å². The lowest BCUT2D eigenvalue weighted by Crippen LogP contribution is -2.35. The molecule has 2 heterocycles. The van der Waals surface area contributed by atoms with Crippen molar-refractivity contribution < 1.29 is 12.9 Å². The van der Waals surface area contributed by atoms with Crippen LogP contribution in [-0.4, -0.2) is 25.9 Å². The third-order valence-corrected chi connectivity index (χ3v) is 7.86. The second-order valence-electron chi connectivity index (χ2n) is 6.60. The topological polar surface area (TPSA) is 63.4 Å². The molecule has 2 aromatic carbocycles. The molecule has 0 bridgehead atoms. The fourth-order valence-electron chi connectivity index (χ4n) is 3.22. The summed E-state index contributed by atoms with van der Waals surface area (Å²) in [6, 6.07) is 13.0. The molecule has 0 atom stereocenters. The van der Waals surface area contributed by atoms with Gasteiger partial charge in [0.15, 0.2) is 5.76 Å². The number of rotatable bonds is 3. The molecule has 1 aromatic heterocycles. The summed E-state index contributed by atoms with van der Waals surface area (Å²) in [4.78, 5) is 1.29. The van der Waals surface area contributed by atoms with E-state index < -0.39 is 10.0 Å². The van der Waals surface area contributed by atoms with E-state index in [9.17, 15) is 8.42 Å². The van der Waals surface area contributed by atoms with Gasteiger partial charge in [0, 0.05) is 28.3 Å². The number of benzene rings is 2. The van der Waals surface area contributed by atoms with Gasteiger partial charge < -0.3 is 4.52 Å². The smallest absolute Gasteiger partial charge is 0.264 e. The molecule has 0 fully saturated rings. The van der Waals surface area contributed by atoms with E-state index in [1.54, 1.807) is 17.8 Å². The predicted molar refractivity (Wildman–Crippen MR) is 108 cm³/mol. The van der Waals surface area contributed by atoms with Gasteiger partial charge in [-0.2, -0.15) is 0 Å². The largest absolute Gasteiger partial charge is 0.356 e. The second kappa shape index (κ2) is 6.73. The highest BCUT2D eigenvalue weighted by atomic mass is 32.2. The molecular weight excluding hydrogens is 380 g/mol. The number of thioether (sulfide) groups is 1. The Balaban J connectivity index is 1.84. The zero-order chi connectivity index (χ0) is 19.2. The van der Waals surface area contributed by atoms with Crippen LogP contribution < -0.4 is 4.31 Å². The molecule has 5 nitrogen and oxygen atoms in total. The number of aromatic nitrogens is 1. The maximum atomic E-state index is 13.5. The van der Waals surface area contributed by atoms with E-state index in [2.05, 4.69) is 5.16 Å². The highest BCUT2D eigenvalue weighted by Gasteiger charge is 2.31. The third kappa shape index (κ3) is 3.04. The van der Waals surface area contributed by atoms with E-state index in [4.69, 9.17) is 4.52 Å². The Morgan fingerprint density at radius 1 is 1.11 bits per heavy atom. The van der Waals surface area contributed by atoms with Crippen LogP contribution in [0.4, 0.5) is 5.69 Å². The Labute approximate surface area is 163 Å². The zero-order valence-corrected chi connectivity index (χ0v) is 17.0. The fourth-order valence-corrected chi connectivity index (χ4v) is 6.12. The minimum absolute atomic E-state index is 0.301. The monoisotopic (exact) mass is 400 g/mol. The van der Waals surface area contributed by atoms with E-state index in [-0.39, 0.29) is 0 Å². The van der Waals surface area contributed by atoms with Gasteiger partial charge in [0.25, 0.3) is 10.0 Å². The van der Waals surface area contributed by atoms with Gasteiger partial charge in [-0.05, 0) is 44.5 Å². The average Bonchev–Trinajstić information content (AvgIpc) is 3.00. The number of anilines is 1. The van der Waals surface area contributed by atoms with Crippen LogP contribution in [0.5, 0.6) is 0 Å². The van der Waals surface area contributed by atoms with Gasteiger partial charge in [-0.15, -0.1) is 11.8 Å². The zero-order valence-electron chi connectivity index (χ0n) is 15.4. The second-order valence-corrected chi connectivity index (χ2v) is 9.56. The maximum absolute atomic E-state index is 13.5. The van der Waals surface area contributed by atoms with Gasteiger partial charge in [-0.1, -0.05) is 29.4 Å². The van der Waals surface area contributed by atoms with Crippen molar-refractivity contribution in [2.45, 2.75) is 30.6 Å². The first-order valence-electron chi connectivity index (χ1n) is 8.68. The van der Waals surface area contributed by atoms with Crippen LogP contribution in [0.25, 0.3) is 11.3 Å². The van der Waals surface area contributed by atoms with E-state index in [0.717, 1.165) is 33.2 Å². The quantitative estimate of drug-likeness (QED) is 0.644. The first kappa shape index (κ1) is 18.1. The first-order valence-corrected chi connectivity index (χ1v) is 11.1. The summed E-state index contributed by atoms with van der Waals surface area (Å²) in [5, 5.41) is 3.99. The van der Waals surface area contributed by atoms with E-state index in [1.807, 2.05) is 57.2 Å². The summed E-state index contributed by atoms with van der Waals surface area (Å²) in [7, 11) is -3.68. The number of sulfonamides is 1. The third-order valence-electron chi connectivity index (χ3n) is 4.86. The summed E-state index contributed by atoms with van der Waals surface area (Å²) in [5.41, 5.74) is 3.89. The first-order chi connectivity index (χ1) is 12.9. The van der Waals surface area contributed by atoms with Crippen molar-refractivity contribution in [2.24, 2.45) is 0 Å². The van der Waals surface area contributed by atoms with E-state index >= 15 is 0 Å². The van der Waals surface area contributed by atoms with Crippen molar-refractivity contribution in [3.63, 3.8) is 0 Å². The van der Waals surface area contributed by atoms with Crippen molar-refractivity contribution in [3.05, 3.63) is 59.3 Å². The Morgan fingerprint density at radius 2 is 1.89 bits per heavy atom. The van der Waals surface area contributed by atoms with Crippen LogP contribution in [0, 0.1) is 20.8 Å². The van der Waals surface area contributed by atoms with Crippen LogP contribution in [0.15, 0.2) is 56.8 Å². The molecule has 0 N–H and O–H groups in total. The molecule has 0 saturated heterocycles. The van der Waals surface area contributed by atoms with Gasteiger partial charge in [0.1, 0.15) is 0 Å². The Bertz CT molecular complexity index is 1120. The standard InChI is InChI=1S/C20H20N2O3S2/c1-13-8-9-16(20-14(2)15(3)21-25-20)12-19(13)27(23,24)22-10-11-26-18-7-5-4-6-17(18)22/h4-9,12H,10-11H2,1-3H3. The fraction of sp³-hybridized carbons (Fsp3) is 0.250. The lowest BCUT2D eigenvalue weighted by atomic mass is 10.1. The molecule has 0 radical (unpaired) electrons. The van der Waals surface area contributed by atoms with Gasteiger partial charge in [-0.25, -0.2) is 8.42 Å². The van der Waals surface area contributed by atoms with Crippen molar-refractivity contribution in [1.82, 2.24) is 5.16 Å². The number of aryl methyl sites for hydroxylation is 2. The van der Waals surface area contributed by atoms with Gasteiger partial charge in [0.05, 0.1) is 16.3 Å². The van der Waals surface area contributed by atoms with Crippen LogP contribution >= 0.6 is 11.8 Å². The molecule has 1 aliphatic rings. The lowest BCUT2D eigenvalue weighted by Gasteiger charge is -2.30. The van der Waals surface area contributed by atoms with Crippen molar-refractivity contribution in [1.29, 1.82) is 0 Å². The van der Waals surface area contributed by atoms with Gasteiger partial charge in [-0.3, -0.25) is 4.31 Å². The molecule has 0 aliphatic carbocycles. The van der Waals surface area contributed by atoms with E-state index in [1.165, 1.54) is 4.31 Å². The van der Waals surface area contributed by atoms with Crippen LogP contribution in [0.1, 0.15) is 16.8 Å². The minimum Gasteiger partial charge on any atom is -0.356 e. The molecular formula is C20H20N2O3S2. The highest BCUT2D eigenvalue weighted by Crippen LogP contribution is 2.38. The molecule has 1 aliphatic heterocycles. The number of para-hydroxylation sites is 1. The van der Waals surface area contributed by atoms with Gasteiger partial charge in [0.2, 0.25) is 0 Å². The number of nitrogens with zero attached hydrogens (tertiary/aromatic N) is 2. The number of hydrogen-bond donors (Lipinski definition) is 0. The SMILES string of the molecule is Cc1ccc(-c2onc(C)c2C)cc1S(=O)(=O)N1CCSc2ccccc21. The molecule has 7 heteroatoms. The van der Waals surface area contributed by atoms with E-state index in [0.29, 0.717) is 22.8 Å². The molecule has 140 valence electrons. The van der Waals surface area contributed by atoms with Crippen molar-refractivity contribution in [3.8, 4) is 11.3 Å². The van der Waals surface area contributed by atoms with Crippen LogP contribution in [0.3, 0.4) is 0 Å². The number of fused-ring (bicyclic) bond motifs is 1. The number of hydrogen-bond acceptors (Lipinski definition) is 5. The normalized spacial score (nSPS) is 14.3. The summed E-state index contributed by atoms with van der Waals surface area (Å²) in [5.74, 6) is 1.34. The highest BCUT2D eigenvalue weighted by molar-refractivity contribution is 8.00. The summed E-state index contributed by atoms with van der Waals surface area (Å²) < 4.78 is 34.0. The van der Waals surface area contributed by atoms with Crippen molar-refractivity contribution >= 4 is 27.5 Å². The Hall–Kier alpha value is -2.25. The van der Waals surface area contributed by atoms with Gasteiger partial charge >= 0.3 is 0 Å². The summed E-state index contributed by atoms with van der Waals surface area (Å²) in [6.45, 7) is 6.07. The molecule has 3 aromatic rings. The molecule has 4 rings (SSSR count). The summed E-state index contributed by atoms with van der Waals surface area (Å²) >= 11 is 1.68. The molecule has 0 unspecified atom stereocenters. The Kier molecular flexibility index (Phi) is 4.52. The van der Waals surface area contributed by atoms with Crippen molar-refractivity contribution in [2.75, 3.05) is 16.6 Å². The maximum Gasteiger partial charge on any atom is 0.264 e. The molecule has 27 heavy (non-hydrogen) atoms. The predicted octanol–water partition coefficient (Wildman–Crippen LogP) is 4.57.